The summed E-state index contributed by atoms with van der Waals surface area (Å²) in [6, 6.07) is 10.8. The molecule has 1 aliphatic carbocycles. The van der Waals surface area contributed by atoms with Crippen LogP contribution in [0, 0.1) is 0 Å². The van der Waals surface area contributed by atoms with Crippen LogP contribution in [0.25, 0.3) is 0 Å². The van der Waals surface area contributed by atoms with Gasteiger partial charge in [0.25, 0.3) is 0 Å². The van der Waals surface area contributed by atoms with E-state index in [1.54, 1.807) is 0 Å². The lowest BCUT2D eigenvalue weighted by atomic mass is 9.83. The van der Waals surface area contributed by atoms with Crippen LogP contribution in [0.2, 0.25) is 0 Å². The molecule has 2 N–H and O–H groups in total. The average molecular weight is 219 g/mol. The van der Waals surface area contributed by atoms with Gasteiger partial charge in [-0.15, -0.1) is 0 Å². The molecule has 16 heavy (non-hydrogen) atoms. The van der Waals surface area contributed by atoms with Gasteiger partial charge in [-0.2, -0.15) is 0 Å². The quantitative estimate of drug-likeness (QED) is 0.845. The number of nitrogens with two attached hydrogens (primary N) is 1. The number of benzene rings is 1. The van der Waals surface area contributed by atoms with Gasteiger partial charge in [-0.05, 0) is 37.2 Å². The van der Waals surface area contributed by atoms with Crippen molar-refractivity contribution >= 4 is 0 Å². The minimum absolute atomic E-state index is 0.448. The van der Waals surface area contributed by atoms with Crippen LogP contribution in [-0.4, -0.2) is 19.3 Å². The zero-order chi connectivity index (χ0) is 11.2. The largest absolute Gasteiger partial charge is 0.377 e. The second-order valence-corrected chi connectivity index (χ2v) is 4.54. The average Bonchev–Trinajstić information content (AvgIpc) is 2.38. The third-order valence-corrected chi connectivity index (χ3v) is 3.42. The molecule has 1 saturated carbocycles. The molecule has 2 heteroatoms. The van der Waals surface area contributed by atoms with E-state index in [1.165, 1.54) is 31.2 Å². The van der Waals surface area contributed by atoms with Crippen LogP contribution in [0.1, 0.15) is 37.2 Å². The van der Waals surface area contributed by atoms with Gasteiger partial charge in [-0.1, -0.05) is 30.3 Å². The Morgan fingerprint density at radius 3 is 2.38 bits per heavy atom. The first-order valence-electron chi connectivity index (χ1n) is 6.26. The Labute approximate surface area is 97.8 Å². The molecule has 0 bridgehead atoms. The van der Waals surface area contributed by atoms with Crippen LogP contribution in [-0.2, 0) is 4.74 Å². The first-order chi connectivity index (χ1) is 7.90. The highest BCUT2D eigenvalue weighted by molar-refractivity contribution is 5.19. The normalized spacial score (nSPS) is 25.6. The van der Waals surface area contributed by atoms with E-state index < -0.39 is 0 Å². The maximum Gasteiger partial charge on any atom is 0.0592 e. The van der Waals surface area contributed by atoms with Gasteiger partial charge in [0.2, 0.25) is 0 Å². The van der Waals surface area contributed by atoms with E-state index in [0.29, 0.717) is 19.3 Å². The minimum atomic E-state index is 0.448. The summed E-state index contributed by atoms with van der Waals surface area (Å²) in [5, 5.41) is 0. The lowest BCUT2D eigenvalue weighted by molar-refractivity contribution is 0.0294. The lowest BCUT2D eigenvalue weighted by Crippen LogP contribution is -2.23. The van der Waals surface area contributed by atoms with Crippen LogP contribution in [0.5, 0.6) is 0 Å². The molecule has 1 aromatic carbocycles. The minimum Gasteiger partial charge on any atom is -0.377 e. The van der Waals surface area contributed by atoms with E-state index in [-0.39, 0.29) is 0 Å². The molecular formula is C14H21NO. The van der Waals surface area contributed by atoms with Gasteiger partial charge in [0.05, 0.1) is 12.7 Å². The number of ether oxygens (including phenoxy) is 1. The third-order valence-electron chi connectivity index (χ3n) is 3.42. The summed E-state index contributed by atoms with van der Waals surface area (Å²) in [5.74, 6) is 0.735. The molecule has 1 aromatic rings. The topological polar surface area (TPSA) is 35.2 Å². The molecule has 0 atom stereocenters. The second kappa shape index (κ2) is 6.02. The van der Waals surface area contributed by atoms with E-state index in [9.17, 15) is 0 Å². The highest BCUT2D eigenvalue weighted by Crippen LogP contribution is 2.33. The molecule has 1 fully saturated rings. The van der Waals surface area contributed by atoms with Gasteiger partial charge in [-0.25, -0.2) is 0 Å². The fourth-order valence-electron chi connectivity index (χ4n) is 2.52. The molecule has 0 saturated heterocycles. The van der Waals surface area contributed by atoms with E-state index in [1.807, 2.05) is 0 Å². The van der Waals surface area contributed by atoms with Gasteiger partial charge in [0.15, 0.2) is 0 Å². The zero-order valence-electron chi connectivity index (χ0n) is 9.77. The highest BCUT2D eigenvalue weighted by Gasteiger charge is 2.22. The Kier molecular flexibility index (Phi) is 4.37. The molecule has 0 unspecified atom stereocenters. The summed E-state index contributed by atoms with van der Waals surface area (Å²) in [5.41, 5.74) is 6.92. The van der Waals surface area contributed by atoms with Crippen molar-refractivity contribution in [2.45, 2.75) is 37.7 Å². The zero-order valence-corrected chi connectivity index (χ0v) is 9.77. The Morgan fingerprint density at radius 1 is 1.06 bits per heavy atom. The van der Waals surface area contributed by atoms with E-state index in [0.717, 1.165) is 5.92 Å². The molecule has 0 aliphatic heterocycles. The Hall–Kier alpha value is -0.860. The smallest absolute Gasteiger partial charge is 0.0592 e. The molecule has 0 heterocycles. The van der Waals surface area contributed by atoms with Gasteiger partial charge in [0, 0.05) is 6.54 Å². The molecular weight excluding hydrogens is 198 g/mol. The monoisotopic (exact) mass is 219 g/mol. The lowest BCUT2D eigenvalue weighted by Gasteiger charge is -2.28. The molecule has 2 rings (SSSR count). The van der Waals surface area contributed by atoms with Crippen molar-refractivity contribution in [2.24, 2.45) is 5.73 Å². The van der Waals surface area contributed by atoms with E-state index >= 15 is 0 Å². The molecule has 88 valence electrons. The number of hydrogen-bond acceptors (Lipinski definition) is 2. The fraction of sp³-hybridized carbons (Fsp3) is 0.571. The highest BCUT2D eigenvalue weighted by atomic mass is 16.5. The van der Waals surface area contributed by atoms with Crippen LogP contribution < -0.4 is 5.73 Å². The van der Waals surface area contributed by atoms with Crippen LogP contribution in [0.3, 0.4) is 0 Å². The summed E-state index contributed by atoms with van der Waals surface area (Å²) in [6.07, 6.45) is 5.31. The van der Waals surface area contributed by atoms with Crippen molar-refractivity contribution in [1.29, 1.82) is 0 Å². The predicted octanol–water partition coefficient (Wildman–Crippen LogP) is 2.69. The second-order valence-electron chi connectivity index (χ2n) is 4.54. The van der Waals surface area contributed by atoms with Gasteiger partial charge >= 0.3 is 0 Å². The summed E-state index contributed by atoms with van der Waals surface area (Å²) < 4.78 is 5.69. The van der Waals surface area contributed by atoms with Gasteiger partial charge in [0.1, 0.15) is 0 Å². The Bertz CT molecular complexity index is 291. The van der Waals surface area contributed by atoms with Crippen LogP contribution in [0.4, 0.5) is 0 Å². The summed E-state index contributed by atoms with van der Waals surface area (Å²) in [7, 11) is 0. The molecule has 0 radical (unpaired) electrons. The third kappa shape index (κ3) is 3.06. The molecule has 1 aliphatic rings. The fourth-order valence-corrected chi connectivity index (χ4v) is 2.52. The molecule has 0 aromatic heterocycles. The maximum absolute atomic E-state index is 5.69. The first-order valence-corrected chi connectivity index (χ1v) is 6.26. The van der Waals surface area contributed by atoms with Crippen LogP contribution in [0.15, 0.2) is 30.3 Å². The number of rotatable bonds is 4. The van der Waals surface area contributed by atoms with E-state index in [2.05, 4.69) is 30.3 Å². The van der Waals surface area contributed by atoms with Gasteiger partial charge in [-0.3, -0.25) is 0 Å². The summed E-state index contributed by atoms with van der Waals surface area (Å²) in [4.78, 5) is 0. The number of hydrogen-bond donors (Lipinski definition) is 1. The summed E-state index contributed by atoms with van der Waals surface area (Å²) in [6.45, 7) is 1.35. The standard InChI is InChI=1S/C14H21NO/c15-10-11-16-14-8-6-13(7-9-14)12-4-2-1-3-5-12/h1-5,13-14H,6-11,15H2. The molecule has 0 spiro atoms. The Morgan fingerprint density at radius 2 is 1.75 bits per heavy atom. The molecule has 2 nitrogen and oxygen atoms in total. The van der Waals surface area contributed by atoms with Crippen molar-refractivity contribution in [2.75, 3.05) is 13.2 Å². The first kappa shape index (κ1) is 11.6. The van der Waals surface area contributed by atoms with E-state index in [4.69, 9.17) is 10.5 Å². The molecule has 0 amide bonds. The van der Waals surface area contributed by atoms with Crippen molar-refractivity contribution < 1.29 is 4.74 Å². The maximum atomic E-state index is 5.69. The predicted molar refractivity (Wildman–Crippen MR) is 66.4 cm³/mol. The van der Waals surface area contributed by atoms with Crippen molar-refractivity contribution in [3.05, 3.63) is 35.9 Å². The van der Waals surface area contributed by atoms with Crippen molar-refractivity contribution in [3.8, 4) is 0 Å². The van der Waals surface area contributed by atoms with Gasteiger partial charge < -0.3 is 10.5 Å². The Balaban J connectivity index is 1.81. The summed E-state index contributed by atoms with van der Waals surface area (Å²) >= 11 is 0. The van der Waals surface area contributed by atoms with Crippen molar-refractivity contribution in [3.63, 3.8) is 0 Å². The SMILES string of the molecule is NCCOC1CCC(c2ccccc2)CC1. The van der Waals surface area contributed by atoms with Crippen LogP contribution >= 0.6 is 0 Å². The van der Waals surface area contributed by atoms with Crippen molar-refractivity contribution in [1.82, 2.24) is 0 Å².